The van der Waals surface area contributed by atoms with Gasteiger partial charge in [0, 0.05) is 24.2 Å². The van der Waals surface area contributed by atoms with Crippen LogP contribution in [0.5, 0.6) is 5.75 Å². The summed E-state index contributed by atoms with van der Waals surface area (Å²) in [5.74, 6) is -1.42. The van der Waals surface area contributed by atoms with Gasteiger partial charge in [0.2, 0.25) is 0 Å². The summed E-state index contributed by atoms with van der Waals surface area (Å²) in [5, 5.41) is 11.1. The molecule has 0 radical (unpaired) electrons. The molecule has 1 heterocycles. The van der Waals surface area contributed by atoms with Gasteiger partial charge in [-0.1, -0.05) is 30.3 Å². The van der Waals surface area contributed by atoms with Crippen LogP contribution in [-0.2, 0) is 21.2 Å². The molecular formula is C19H19FN2O6S. The monoisotopic (exact) mass is 422 g/mol. The Labute approximate surface area is 167 Å². The van der Waals surface area contributed by atoms with Crippen LogP contribution in [0.1, 0.15) is 12.0 Å². The third-order valence-electron chi connectivity index (χ3n) is 4.68. The van der Waals surface area contributed by atoms with E-state index in [-0.39, 0.29) is 41.5 Å². The summed E-state index contributed by atoms with van der Waals surface area (Å²) in [6, 6.07) is 10.9. The van der Waals surface area contributed by atoms with E-state index in [1.54, 1.807) is 6.07 Å². The van der Waals surface area contributed by atoms with Crippen LogP contribution in [0.25, 0.3) is 0 Å². The molecule has 1 aliphatic heterocycles. The summed E-state index contributed by atoms with van der Waals surface area (Å²) in [7, 11) is -3.28. The maximum Gasteiger partial charge on any atom is 0.310 e. The Morgan fingerprint density at radius 1 is 1.21 bits per heavy atom. The molecular weight excluding hydrogens is 403 g/mol. The van der Waals surface area contributed by atoms with E-state index >= 15 is 0 Å². The van der Waals surface area contributed by atoms with Crippen LogP contribution in [0.3, 0.4) is 0 Å². The molecule has 1 aliphatic rings. The third-order valence-corrected chi connectivity index (χ3v) is 6.43. The zero-order valence-corrected chi connectivity index (χ0v) is 16.2. The van der Waals surface area contributed by atoms with Crippen molar-refractivity contribution in [1.82, 2.24) is 4.90 Å². The van der Waals surface area contributed by atoms with Gasteiger partial charge < -0.3 is 9.64 Å². The van der Waals surface area contributed by atoms with Crippen molar-refractivity contribution in [3.8, 4) is 5.75 Å². The molecule has 2 aromatic rings. The fourth-order valence-corrected chi connectivity index (χ4v) is 4.94. The molecule has 0 N–H and O–H groups in total. The first-order valence-corrected chi connectivity index (χ1v) is 10.7. The summed E-state index contributed by atoms with van der Waals surface area (Å²) in [5.41, 5.74) is -0.0414. The van der Waals surface area contributed by atoms with Gasteiger partial charge in [-0.15, -0.1) is 0 Å². The van der Waals surface area contributed by atoms with Crippen LogP contribution in [0.4, 0.5) is 10.1 Å². The maximum absolute atomic E-state index is 14.1. The second kappa shape index (κ2) is 8.56. The Morgan fingerprint density at radius 2 is 1.90 bits per heavy atom. The number of hydrogen-bond acceptors (Lipinski definition) is 6. The van der Waals surface area contributed by atoms with Gasteiger partial charge in [0.25, 0.3) is 5.91 Å². The van der Waals surface area contributed by atoms with Crippen molar-refractivity contribution in [3.05, 3.63) is 70.0 Å². The lowest BCUT2D eigenvalue weighted by molar-refractivity contribution is -0.385. The number of halogens is 1. The van der Waals surface area contributed by atoms with Gasteiger partial charge in [-0.3, -0.25) is 14.9 Å². The molecule has 2 aromatic carbocycles. The van der Waals surface area contributed by atoms with Crippen molar-refractivity contribution < 1.29 is 27.3 Å². The first-order chi connectivity index (χ1) is 13.8. The smallest absolute Gasteiger partial charge is 0.310 e. The molecule has 0 unspecified atom stereocenters. The largest absolute Gasteiger partial charge is 0.477 e. The summed E-state index contributed by atoms with van der Waals surface area (Å²) < 4.78 is 43.2. The number of benzene rings is 2. The number of hydrogen-bond donors (Lipinski definition) is 0. The summed E-state index contributed by atoms with van der Waals surface area (Å²) in [6.45, 7) is -0.651. The molecule has 1 amide bonds. The van der Waals surface area contributed by atoms with Gasteiger partial charge in [0.1, 0.15) is 5.82 Å². The number of carbonyl (C=O) groups excluding carboxylic acids is 1. The standard InChI is InChI=1S/C19H19FN2O6S/c20-16-6-2-1-5-14(16)11-21(15-9-10-29(26,27)13-15)19(23)12-28-18-8-4-3-7-17(18)22(24)25/h1-8,15H,9-13H2/t15-/m0/s1. The predicted molar refractivity (Wildman–Crippen MR) is 103 cm³/mol. The fraction of sp³-hybridized carbons (Fsp3) is 0.316. The predicted octanol–water partition coefficient (Wildman–Crippen LogP) is 2.33. The molecule has 0 aliphatic carbocycles. The Kier molecular flexibility index (Phi) is 6.12. The molecule has 8 nitrogen and oxygen atoms in total. The van der Waals surface area contributed by atoms with Gasteiger partial charge in [-0.25, -0.2) is 12.8 Å². The first kappa shape index (κ1) is 20.7. The average Bonchev–Trinajstić information content (AvgIpc) is 3.05. The molecule has 0 spiro atoms. The minimum atomic E-state index is -3.28. The van der Waals surface area contributed by atoms with E-state index in [4.69, 9.17) is 4.74 Å². The Morgan fingerprint density at radius 3 is 2.55 bits per heavy atom. The minimum absolute atomic E-state index is 0.0519. The Balaban J connectivity index is 1.79. The second-order valence-corrected chi connectivity index (χ2v) is 8.91. The second-order valence-electron chi connectivity index (χ2n) is 6.68. The number of carbonyl (C=O) groups is 1. The van der Waals surface area contributed by atoms with Crippen LogP contribution in [0, 0.1) is 15.9 Å². The number of rotatable bonds is 7. The molecule has 1 atom stereocenters. The van der Waals surface area contributed by atoms with Gasteiger partial charge in [0.15, 0.2) is 22.2 Å². The Hall–Kier alpha value is -3.01. The van der Waals surface area contributed by atoms with Gasteiger partial charge in [0.05, 0.1) is 16.4 Å². The first-order valence-electron chi connectivity index (χ1n) is 8.86. The SMILES string of the molecule is O=C(COc1ccccc1[N+](=O)[O-])N(Cc1ccccc1F)[C@H]1CCS(=O)(=O)C1. The number of amides is 1. The Bertz CT molecular complexity index is 1030. The zero-order chi connectivity index (χ0) is 21.0. The van der Waals surface area contributed by atoms with Crippen molar-refractivity contribution in [1.29, 1.82) is 0 Å². The number of para-hydroxylation sites is 2. The van der Waals surface area contributed by atoms with Crippen LogP contribution < -0.4 is 4.74 Å². The number of sulfone groups is 1. The molecule has 0 aromatic heterocycles. The summed E-state index contributed by atoms with van der Waals surface area (Å²) >= 11 is 0. The number of ether oxygens (including phenoxy) is 1. The lowest BCUT2D eigenvalue weighted by Crippen LogP contribution is -2.43. The molecule has 1 fully saturated rings. The highest BCUT2D eigenvalue weighted by molar-refractivity contribution is 7.91. The van der Waals surface area contributed by atoms with Crippen molar-refractivity contribution in [2.24, 2.45) is 0 Å². The fourth-order valence-electron chi connectivity index (χ4n) is 3.20. The van der Waals surface area contributed by atoms with Crippen LogP contribution in [-0.4, -0.2) is 48.3 Å². The van der Waals surface area contributed by atoms with E-state index in [0.29, 0.717) is 0 Å². The van der Waals surface area contributed by atoms with Crippen molar-refractivity contribution in [3.63, 3.8) is 0 Å². The van der Waals surface area contributed by atoms with E-state index in [9.17, 15) is 27.7 Å². The van der Waals surface area contributed by atoms with Gasteiger partial charge in [-0.2, -0.15) is 0 Å². The van der Waals surface area contributed by atoms with E-state index in [1.165, 1.54) is 47.4 Å². The molecule has 0 bridgehead atoms. The zero-order valence-electron chi connectivity index (χ0n) is 15.4. The van der Waals surface area contributed by atoms with Crippen molar-refractivity contribution >= 4 is 21.4 Å². The highest BCUT2D eigenvalue weighted by Gasteiger charge is 2.35. The molecule has 0 saturated carbocycles. The molecule has 3 rings (SSSR count). The lowest BCUT2D eigenvalue weighted by atomic mass is 10.1. The normalized spacial score (nSPS) is 17.6. The highest BCUT2D eigenvalue weighted by Crippen LogP contribution is 2.26. The van der Waals surface area contributed by atoms with Crippen LogP contribution in [0.15, 0.2) is 48.5 Å². The molecule has 154 valence electrons. The third kappa shape index (κ3) is 5.08. The van der Waals surface area contributed by atoms with Crippen molar-refractivity contribution in [2.45, 2.75) is 19.0 Å². The molecule has 1 saturated heterocycles. The van der Waals surface area contributed by atoms with E-state index in [2.05, 4.69) is 0 Å². The minimum Gasteiger partial charge on any atom is -0.477 e. The quantitative estimate of drug-likeness (QED) is 0.501. The lowest BCUT2D eigenvalue weighted by Gasteiger charge is -2.28. The van der Waals surface area contributed by atoms with Gasteiger partial charge in [-0.05, 0) is 18.6 Å². The topological polar surface area (TPSA) is 107 Å². The number of nitro benzene ring substituents is 1. The molecule has 29 heavy (non-hydrogen) atoms. The van der Waals surface area contributed by atoms with E-state index in [0.717, 1.165) is 0 Å². The highest BCUT2D eigenvalue weighted by atomic mass is 32.2. The summed E-state index contributed by atoms with van der Waals surface area (Å²) in [4.78, 5) is 24.6. The number of nitrogens with zero attached hydrogens (tertiary/aromatic N) is 2. The van der Waals surface area contributed by atoms with E-state index in [1.807, 2.05) is 0 Å². The number of nitro groups is 1. The molecule has 10 heteroatoms. The van der Waals surface area contributed by atoms with Crippen LogP contribution in [0.2, 0.25) is 0 Å². The van der Waals surface area contributed by atoms with Gasteiger partial charge >= 0.3 is 5.69 Å². The van der Waals surface area contributed by atoms with Crippen molar-refractivity contribution in [2.75, 3.05) is 18.1 Å². The average molecular weight is 422 g/mol. The van der Waals surface area contributed by atoms with E-state index < -0.39 is 39.1 Å². The maximum atomic E-state index is 14.1. The van der Waals surface area contributed by atoms with Crippen LogP contribution >= 0.6 is 0 Å². The summed E-state index contributed by atoms with van der Waals surface area (Å²) in [6.07, 6.45) is 0.244.